The van der Waals surface area contributed by atoms with Crippen LogP contribution < -0.4 is 5.32 Å². The van der Waals surface area contributed by atoms with Crippen molar-refractivity contribution >= 4 is 34.1 Å². The van der Waals surface area contributed by atoms with Gasteiger partial charge in [0.15, 0.2) is 0 Å². The molecule has 0 aliphatic rings. The fourth-order valence-corrected chi connectivity index (χ4v) is 1.89. The molecule has 1 N–H and O–H groups in total. The van der Waals surface area contributed by atoms with Crippen LogP contribution in [0.1, 0.15) is 12.5 Å². The monoisotopic (exact) mass is 262 g/mol. The molecule has 1 amide bonds. The van der Waals surface area contributed by atoms with Gasteiger partial charge in [-0.15, -0.1) is 11.6 Å². The first kappa shape index (κ1) is 12.8. The number of halogens is 1. The minimum atomic E-state index is -0.209. The molecule has 94 valence electrons. The van der Waals surface area contributed by atoms with Crippen LogP contribution in [0.2, 0.25) is 0 Å². The molecular formula is C14H15ClN2O. The van der Waals surface area contributed by atoms with Gasteiger partial charge in [-0.3, -0.25) is 9.78 Å². The number of carbonyl (C=O) groups excluding carboxylic acids is 1. The molecule has 4 heteroatoms. The summed E-state index contributed by atoms with van der Waals surface area (Å²) >= 11 is 5.68. The second kappa shape index (κ2) is 5.36. The van der Waals surface area contributed by atoms with Gasteiger partial charge in [-0.1, -0.05) is 13.0 Å². The number of hydrogen-bond donors (Lipinski definition) is 1. The van der Waals surface area contributed by atoms with Crippen molar-refractivity contribution in [2.45, 2.75) is 13.8 Å². The van der Waals surface area contributed by atoms with Crippen LogP contribution in [0.15, 0.2) is 30.5 Å². The van der Waals surface area contributed by atoms with Crippen LogP contribution >= 0.6 is 11.6 Å². The molecule has 0 radical (unpaired) electrons. The van der Waals surface area contributed by atoms with E-state index in [0.717, 1.165) is 22.2 Å². The number of nitrogens with zero attached hydrogens (tertiary/aromatic N) is 1. The van der Waals surface area contributed by atoms with E-state index in [4.69, 9.17) is 11.6 Å². The number of anilines is 1. The number of carbonyl (C=O) groups is 1. The first-order chi connectivity index (χ1) is 8.63. The SMILES string of the molecule is Cc1ccc(NC(=O)C(C)CCl)c2cccnc12. The lowest BCUT2D eigenvalue weighted by atomic mass is 10.1. The third-order valence-electron chi connectivity index (χ3n) is 2.91. The van der Waals surface area contributed by atoms with Crippen molar-refractivity contribution in [3.8, 4) is 0 Å². The zero-order valence-corrected chi connectivity index (χ0v) is 11.2. The van der Waals surface area contributed by atoms with E-state index in [2.05, 4.69) is 10.3 Å². The van der Waals surface area contributed by atoms with Crippen LogP contribution in [0, 0.1) is 12.8 Å². The molecule has 18 heavy (non-hydrogen) atoms. The number of aryl methyl sites for hydroxylation is 1. The highest BCUT2D eigenvalue weighted by molar-refractivity contribution is 6.19. The summed E-state index contributed by atoms with van der Waals surface area (Å²) in [5.41, 5.74) is 2.79. The number of fused-ring (bicyclic) bond motifs is 1. The number of aromatic nitrogens is 1. The van der Waals surface area contributed by atoms with Gasteiger partial charge in [0.25, 0.3) is 0 Å². The zero-order chi connectivity index (χ0) is 13.1. The maximum atomic E-state index is 11.9. The molecule has 2 rings (SSSR count). The van der Waals surface area contributed by atoms with E-state index in [1.54, 1.807) is 13.1 Å². The molecule has 1 atom stereocenters. The summed E-state index contributed by atoms with van der Waals surface area (Å²) in [7, 11) is 0. The Morgan fingerprint density at radius 2 is 2.22 bits per heavy atom. The molecule has 0 fully saturated rings. The number of hydrogen-bond acceptors (Lipinski definition) is 2. The van der Waals surface area contributed by atoms with Gasteiger partial charge in [-0.25, -0.2) is 0 Å². The van der Waals surface area contributed by atoms with E-state index < -0.39 is 0 Å². The van der Waals surface area contributed by atoms with Crippen LogP contribution in [-0.2, 0) is 4.79 Å². The quantitative estimate of drug-likeness (QED) is 0.862. The Hall–Kier alpha value is -1.61. The van der Waals surface area contributed by atoms with E-state index >= 15 is 0 Å². The molecule has 0 aliphatic heterocycles. The second-order valence-electron chi connectivity index (χ2n) is 4.37. The van der Waals surface area contributed by atoms with Gasteiger partial charge in [0.1, 0.15) is 0 Å². The molecule has 0 aliphatic carbocycles. The first-order valence-corrected chi connectivity index (χ1v) is 6.38. The van der Waals surface area contributed by atoms with Crippen molar-refractivity contribution in [3.05, 3.63) is 36.0 Å². The minimum absolute atomic E-state index is 0.0704. The molecule has 1 aromatic heterocycles. The maximum absolute atomic E-state index is 11.9. The molecule has 1 unspecified atom stereocenters. The van der Waals surface area contributed by atoms with Gasteiger partial charge in [0.2, 0.25) is 5.91 Å². The van der Waals surface area contributed by atoms with Crippen molar-refractivity contribution in [1.29, 1.82) is 0 Å². The molecule has 0 bridgehead atoms. The van der Waals surface area contributed by atoms with Crippen molar-refractivity contribution in [2.75, 3.05) is 11.2 Å². The third kappa shape index (κ3) is 2.46. The highest BCUT2D eigenvalue weighted by atomic mass is 35.5. The lowest BCUT2D eigenvalue weighted by Crippen LogP contribution is -2.21. The molecule has 0 saturated carbocycles. The minimum Gasteiger partial charge on any atom is -0.325 e. The molecule has 1 aromatic carbocycles. The Labute approximate surface area is 111 Å². The average Bonchev–Trinajstić information content (AvgIpc) is 2.41. The smallest absolute Gasteiger partial charge is 0.228 e. The summed E-state index contributed by atoms with van der Waals surface area (Å²) in [5, 5.41) is 3.85. The van der Waals surface area contributed by atoms with Crippen LogP contribution in [-0.4, -0.2) is 16.8 Å². The summed E-state index contributed by atoms with van der Waals surface area (Å²) in [6, 6.07) is 7.67. The Bertz CT molecular complexity index is 583. The second-order valence-corrected chi connectivity index (χ2v) is 4.68. The highest BCUT2D eigenvalue weighted by Crippen LogP contribution is 2.24. The van der Waals surface area contributed by atoms with E-state index in [9.17, 15) is 4.79 Å². The van der Waals surface area contributed by atoms with Crippen LogP contribution in [0.4, 0.5) is 5.69 Å². The van der Waals surface area contributed by atoms with E-state index in [1.807, 2.05) is 31.2 Å². The van der Waals surface area contributed by atoms with Gasteiger partial charge in [0.05, 0.1) is 11.2 Å². The number of amides is 1. The van der Waals surface area contributed by atoms with Crippen LogP contribution in [0.25, 0.3) is 10.9 Å². The highest BCUT2D eigenvalue weighted by Gasteiger charge is 2.13. The maximum Gasteiger partial charge on any atom is 0.228 e. The molecule has 2 aromatic rings. The van der Waals surface area contributed by atoms with Gasteiger partial charge in [-0.05, 0) is 30.7 Å². The Morgan fingerprint density at radius 3 is 2.94 bits per heavy atom. The topological polar surface area (TPSA) is 42.0 Å². The first-order valence-electron chi connectivity index (χ1n) is 5.84. The lowest BCUT2D eigenvalue weighted by Gasteiger charge is -2.12. The van der Waals surface area contributed by atoms with E-state index in [1.165, 1.54) is 0 Å². The van der Waals surface area contributed by atoms with Crippen LogP contribution in [0.5, 0.6) is 0 Å². The molecule has 3 nitrogen and oxygen atoms in total. The average molecular weight is 263 g/mol. The molecule has 0 saturated heterocycles. The van der Waals surface area contributed by atoms with Gasteiger partial charge < -0.3 is 5.32 Å². The summed E-state index contributed by atoms with van der Waals surface area (Å²) in [6.07, 6.45) is 1.75. The van der Waals surface area contributed by atoms with Gasteiger partial charge >= 0.3 is 0 Å². The third-order valence-corrected chi connectivity index (χ3v) is 3.37. The number of pyridine rings is 1. The Kier molecular flexibility index (Phi) is 3.82. The molecule has 0 spiro atoms. The zero-order valence-electron chi connectivity index (χ0n) is 10.4. The Morgan fingerprint density at radius 1 is 1.44 bits per heavy atom. The van der Waals surface area contributed by atoms with E-state index in [-0.39, 0.29) is 11.8 Å². The normalized spacial score (nSPS) is 12.4. The summed E-state index contributed by atoms with van der Waals surface area (Å²) in [6.45, 7) is 3.80. The van der Waals surface area contributed by atoms with Crippen molar-refractivity contribution in [2.24, 2.45) is 5.92 Å². The number of benzene rings is 1. The van der Waals surface area contributed by atoms with Crippen LogP contribution in [0.3, 0.4) is 0 Å². The summed E-state index contributed by atoms with van der Waals surface area (Å²) < 4.78 is 0. The number of nitrogens with one attached hydrogen (secondary N) is 1. The predicted octanol–water partition coefficient (Wildman–Crippen LogP) is 3.36. The summed E-state index contributed by atoms with van der Waals surface area (Å²) in [4.78, 5) is 16.2. The van der Waals surface area contributed by atoms with Crippen molar-refractivity contribution in [1.82, 2.24) is 4.98 Å². The van der Waals surface area contributed by atoms with Crippen molar-refractivity contribution < 1.29 is 4.79 Å². The summed E-state index contributed by atoms with van der Waals surface area (Å²) in [5.74, 6) is 0.0344. The fourth-order valence-electron chi connectivity index (χ4n) is 1.75. The predicted molar refractivity (Wildman–Crippen MR) is 75.0 cm³/mol. The number of alkyl halides is 1. The van der Waals surface area contributed by atoms with Gasteiger partial charge in [0, 0.05) is 23.4 Å². The molecular weight excluding hydrogens is 248 g/mol. The van der Waals surface area contributed by atoms with E-state index in [0.29, 0.717) is 5.88 Å². The number of rotatable bonds is 3. The van der Waals surface area contributed by atoms with Crippen molar-refractivity contribution in [3.63, 3.8) is 0 Å². The van der Waals surface area contributed by atoms with Gasteiger partial charge in [-0.2, -0.15) is 0 Å². The largest absolute Gasteiger partial charge is 0.325 e. The standard InChI is InChI=1S/C14H15ClN2O/c1-9-5-6-12(17-14(18)10(2)8-15)11-4-3-7-16-13(9)11/h3-7,10H,8H2,1-2H3,(H,17,18). The fraction of sp³-hybridized carbons (Fsp3) is 0.286. The Balaban J connectivity index is 2.40. The lowest BCUT2D eigenvalue weighted by molar-refractivity contribution is -0.118. The molecule has 1 heterocycles.